The third-order valence-corrected chi connectivity index (χ3v) is 4.57. The van der Waals surface area contributed by atoms with Crippen LogP contribution in [-0.2, 0) is 4.79 Å². The molecule has 0 aromatic carbocycles. The first-order chi connectivity index (χ1) is 8.94. The standard InChI is InChI=1S/C15H29N3O/c1-11(2)17-15(14(16)19,13-7-8-13)10-18(3)9-12-5-4-6-12/h11-13,17H,4-10H2,1-3H3,(H2,16,19). The number of amides is 1. The van der Waals surface area contributed by atoms with Crippen LogP contribution in [0.15, 0.2) is 0 Å². The van der Waals surface area contributed by atoms with Crippen molar-refractivity contribution in [3.8, 4) is 0 Å². The molecule has 4 heteroatoms. The Balaban J connectivity index is 2.00. The van der Waals surface area contributed by atoms with Crippen molar-refractivity contribution in [2.45, 2.75) is 57.5 Å². The van der Waals surface area contributed by atoms with Gasteiger partial charge in [0.15, 0.2) is 0 Å². The molecule has 1 unspecified atom stereocenters. The molecule has 2 saturated carbocycles. The zero-order valence-corrected chi connectivity index (χ0v) is 12.6. The van der Waals surface area contributed by atoms with Gasteiger partial charge in [-0.3, -0.25) is 10.1 Å². The number of nitrogens with zero attached hydrogens (tertiary/aromatic N) is 1. The molecular weight excluding hydrogens is 238 g/mol. The summed E-state index contributed by atoms with van der Waals surface area (Å²) in [5, 5.41) is 3.48. The van der Waals surface area contributed by atoms with Crippen LogP contribution in [0.4, 0.5) is 0 Å². The van der Waals surface area contributed by atoms with E-state index in [4.69, 9.17) is 5.73 Å². The first-order valence-electron chi connectivity index (χ1n) is 7.70. The number of carbonyl (C=O) groups excluding carboxylic acids is 1. The highest BCUT2D eigenvalue weighted by molar-refractivity contribution is 5.86. The Kier molecular flexibility index (Phi) is 4.51. The van der Waals surface area contributed by atoms with Gasteiger partial charge < -0.3 is 10.6 Å². The maximum Gasteiger partial charge on any atom is 0.239 e. The van der Waals surface area contributed by atoms with Crippen molar-refractivity contribution in [2.75, 3.05) is 20.1 Å². The van der Waals surface area contributed by atoms with Crippen molar-refractivity contribution < 1.29 is 4.79 Å². The van der Waals surface area contributed by atoms with Crippen molar-refractivity contribution in [3.05, 3.63) is 0 Å². The summed E-state index contributed by atoms with van der Waals surface area (Å²) in [6.45, 7) is 6.03. The minimum atomic E-state index is -0.521. The average Bonchev–Trinajstić information content (AvgIpc) is 3.05. The number of hydrogen-bond acceptors (Lipinski definition) is 3. The summed E-state index contributed by atoms with van der Waals surface area (Å²) in [5.41, 5.74) is 5.24. The van der Waals surface area contributed by atoms with E-state index in [0.29, 0.717) is 5.92 Å². The maximum atomic E-state index is 12.1. The fourth-order valence-electron chi connectivity index (χ4n) is 3.34. The van der Waals surface area contributed by atoms with Gasteiger partial charge in [0.1, 0.15) is 5.54 Å². The minimum Gasteiger partial charge on any atom is -0.368 e. The smallest absolute Gasteiger partial charge is 0.239 e. The van der Waals surface area contributed by atoms with E-state index in [1.807, 2.05) is 0 Å². The first kappa shape index (κ1) is 14.8. The van der Waals surface area contributed by atoms with Crippen LogP contribution in [0.25, 0.3) is 0 Å². The van der Waals surface area contributed by atoms with E-state index in [2.05, 4.69) is 31.1 Å². The molecule has 1 amide bonds. The quantitative estimate of drug-likeness (QED) is 0.698. The summed E-state index contributed by atoms with van der Waals surface area (Å²) < 4.78 is 0. The topological polar surface area (TPSA) is 58.4 Å². The molecule has 0 aliphatic heterocycles. The number of nitrogens with two attached hydrogens (primary N) is 1. The Morgan fingerprint density at radius 2 is 2.00 bits per heavy atom. The predicted molar refractivity (Wildman–Crippen MR) is 77.8 cm³/mol. The van der Waals surface area contributed by atoms with Crippen LogP contribution < -0.4 is 11.1 Å². The Morgan fingerprint density at radius 3 is 2.37 bits per heavy atom. The summed E-state index contributed by atoms with van der Waals surface area (Å²) in [5.74, 6) is 1.08. The fourth-order valence-corrected chi connectivity index (χ4v) is 3.34. The van der Waals surface area contributed by atoms with Gasteiger partial charge in [0.05, 0.1) is 0 Å². The van der Waals surface area contributed by atoms with Crippen LogP contribution in [0.5, 0.6) is 0 Å². The molecule has 2 aliphatic carbocycles. The van der Waals surface area contributed by atoms with E-state index < -0.39 is 5.54 Å². The van der Waals surface area contributed by atoms with Crippen LogP contribution >= 0.6 is 0 Å². The lowest BCUT2D eigenvalue weighted by molar-refractivity contribution is -0.126. The van der Waals surface area contributed by atoms with E-state index >= 15 is 0 Å². The Labute approximate surface area is 117 Å². The molecule has 2 aliphatic rings. The number of rotatable bonds is 8. The van der Waals surface area contributed by atoms with Crippen LogP contribution in [0.1, 0.15) is 46.0 Å². The SMILES string of the molecule is CC(C)NC(CN(C)CC1CCC1)(C(N)=O)C1CC1. The summed E-state index contributed by atoms with van der Waals surface area (Å²) in [6.07, 6.45) is 6.30. The summed E-state index contributed by atoms with van der Waals surface area (Å²) in [7, 11) is 2.13. The van der Waals surface area contributed by atoms with Gasteiger partial charge >= 0.3 is 0 Å². The number of nitrogens with one attached hydrogen (secondary N) is 1. The highest BCUT2D eigenvalue weighted by atomic mass is 16.1. The third-order valence-electron chi connectivity index (χ3n) is 4.57. The van der Waals surface area contributed by atoms with Gasteiger partial charge in [-0.2, -0.15) is 0 Å². The minimum absolute atomic E-state index is 0.177. The van der Waals surface area contributed by atoms with Gasteiger partial charge in [0.2, 0.25) is 5.91 Å². The Bertz CT molecular complexity index is 323. The second kappa shape index (κ2) is 5.80. The molecule has 110 valence electrons. The Morgan fingerprint density at radius 1 is 1.37 bits per heavy atom. The van der Waals surface area contributed by atoms with Gasteiger partial charge in [0, 0.05) is 19.1 Å². The molecule has 0 heterocycles. The van der Waals surface area contributed by atoms with Crippen molar-refractivity contribution in [1.29, 1.82) is 0 Å². The maximum absolute atomic E-state index is 12.1. The van der Waals surface area contributed by atoms with E-state index in [1.165, 1.54) is 19.3 Å². The lowest BCUT2D eigenvalue weighted by Crippen LogP contribution is -2.64. The number of primary amides is 1. The zero-order valence-electron chi connectivity index (χ0n) is 12.6. The largest absolute Gasteiger partial charge is 0.368 e. The molecule has 0 radical (unpaired) electrons. The second-order valence-electron chi connectivity index (χ2n) is 6.90. The molecule has 0 bridgehead atoms. The summed E-state index contributed by atoms with van der Waals surface area (Å²) >= 11 is 0. The van der Waals surface area contributed by atoms with Gasteiger partial charge in [0.25, 0.3) is 0 Å². The number of carbonyl (C=O) groups is 1. The summed E-state index contributed by atoms with van der Waals surface area (Å²) in [6, 6.07) is 0.283. The highest BCUT2D eigenvalue weighted by Gasteiger charge is 2.50. The molecule has 19 heavy (non-hydrogen) atoms. The molecule has 0 saturated heterocycles. The molecule has 2 fully saturated rings. The van der Waals surface area contributed by atoms with E-state index in [0.717, 1.165) is 31.8 Å². The molecule has 4 nitrogen and oxygen atoms in total. The van der Waals surface area contributed by atoms with Gasteiger partial charge in [-0.15, -0.1) is 0 Å². The lowest BCUT2D eigenvalue weighted by atomic mass is 9.84. The highest BCUT2D eigenvalue weighted by Crippen LogP contribution is 2.40. The van der Waals surface area contributed by atoms with Crippen LogP contribution in [0, 0.1) is 11.8 Å². The number of likely N-dealkylation sites (N-methyl/N-ethyl adjacent to an activating group) is 1. The monoisotopic (exact) mass is 267 g/mol. The van der Waals surface area contributed by atoms with Crippen molar-refractivity contribution in [1.82, 2.24) is 10.2 Å². The van der Waals surface area contributed by atoms with Crippen molar-refractivity contribution in [2.24, 2.45) is 17.6 Å². The van der Waals surface area contributed by atoms with Crippen molar-refractivity contribution in [3.63, 3.8) is 0 Å². The van der Waals surface area contributed by atoms with Gasteiger partial charge in [-0.05, 0) is 58.4 Å². The van der Waals surface area contributed by atoms with Crippen molar-refractivity contribution >= 4 is 5.91 Å². The van der Waals surface area contributed by atoms with Crippen LogP contribution in [0.3, 0.4) is 0 Å². The van der Waals surface area contributed by atoms with Crippen LogP contribution in [-0.4, -0.2) is 42.5 Å². The molecule has 2 rings (SSSR count). The fraction of sp³-hybridized carbons (Fsp3) is 0.933. The molecule has 3 N–H and O–H groups in total. The van der Waals surface area contributed by atoms with E-state index in [-0.39, 0.29) is 11.9 Å². The van der Waals surface area contributed by atoms with E-state index in [9.17, 15) is 4.79 Å². The molecule has 1 atom stereocenters. The van der Waals surface area contributed by atoms with Gasteiger partial charge in [-0.1, -0.05) is 6.42 Å². The molecular formula is C15H29N3O. The van der Waals surface area contributed by atoms with E-state index in [1.54, 1.807) is 0 Å². The van der Waals surface area contributed by atoms with Gasteiger partial charge in [-0.25, -0.2) is 0 Å². The van der Waals surface area contributed by atoms with Crippen LogP contribution in [0.2, 0.25) is 0 Å². The average molecular weight is 267 g/mol. The Hall–Kier alpha value is -0.610. The second-order valence-corrected chi connectivity index (χ2v) is 6.90. The molecule has 0 aromatic rings. The third kappa shape index (κ3) is 3.48. The first-order valence-corrected chi connectivity index (χ1v) is 7.70. The lowest BCUT2D eigenvalue weighted by Gasteiger charge is -2.39. The zero-order chi connectivity index (χ0) is 14.0. The number of hydrogen-bond donors (Lipinski definition) is 2. The molecule has 0 aromatic heterocycles. The summed E-state index contributed by atoms with van der Waals surface area (Å²) in [4.78, 5) is 14.4. The normalized spacial score (nSPS) is 23.4. The predicted octanol–water partition coefficient (Wildman–Crippen LogP) is 1.35. The molecule has 0 spiro atoms.